The van der Waals surface area contributed by atoms with Crippen molar-refractivity contribution in [2.24, 2.45) is 4.99 Å². The van der Waals surface area contributed by atoms with Crippen LogP contribution >= 0.6 is 11.8 Å². The van der Waals surface area contributed by atoms with Crippen LogP contribution in [0.4, 0.5) is 10.1 Å². The van der Waals surface area contributed by atoms with Crippen molar-refractivity contribution in [2.45, 2.75) is 26.3 Å². The molecule has 5 rings (SSSR count). The van der Waals surface area contributed by atoms with Gasteiger partial charge in [-0.15, -0.1) is 0 Å². The van der Waals surface area contributed by atoms with E-state index >= 15 is 0 Å². The Kier molecular flexibility index (Phi) is 7.79. The molecule has 0 unspecified atom stereocenters. The van der Waals surface area contributed by atoms with Gasteiger partial charge in [0.1, 0.15) is 17.3 Å². The number of amides is 1. The lowest BCUT2D eigenvalue weighted by Gasteiger charge is -2.36. The topological polar surface area (TPSA) is 80.2 Å². The van der Waals surface area contributed by atoms with Crippen molar-refractivity contribution in [1.29, 1.82) is 0 Å². The van der Waals surface area contributed by atoms with Crippen LogP contribution in [0.15, 0.2) is 106 Å². The number of amidine groups is 1. The highest BCUT2D eigenvalue weighted by Gasteiger charge is 2.41. The van der Waals surface area contributed by atoms with E-state index in [1.807, 2.05) is 64.9 Å². The molecule has 39 heavy (non-hydrogen) atoms. The average Bonchev–Trinajstić information content (AvgIpc) is 3.31. The zero-order chi connectivity index (χ0) is 27.4. The van der Waals surface area contributed by atoms with Crippen LogP contribution in [0.1, 0.15) is 31.9 Å². The van der Waals surface area contributed by atoms with Crippen molar-refractivity contribution in [1.82, 2.24) is 4.90 Å². The third-order valence-corrected chi connectivity index (χ3v) is 7.01. The van der Waals surface area contributed by atoms with Crippen LogP contribution < -0.4 is 10.1 Å². The van der Waals surface area contributed by atoms with Crippen molar-refractivity contribution in [2.75, 3.05) is 11.9 Å². The fourth-order valence-electron chi connectivity index (χ4n) is 4.43. The Morgan fingerprint density at radius 2 is 1.77 bits per heavy atom. The number of halogens is 1. The number of hydrogen-bond donors (Lipinski definition) is 1. The summed E-state index contributed by atoms with van der Waals surface area (Å²) >= 11 is 1.39. The first-order chi connectivity index (χ1) is 18.9. The highest BCUT2D eigenvalue weighted by atomic mass is 32.2. The van der Waals surface area contributed by atoms with Crippen LogP contribution in [-0.4, -0.2) is 28.6 Å². The Bertz CT molecular complexity index is 1490. The molecule has 0 fully saturated rings. The molecule has 198 valence electrons. The maximum absolute atomic E-state index is 13.3. The van der Waals surface area contributed by atoms with Crippen LogP contribution in [-0.2, 0) is 14.3 Å². The van der Waals surface area contributed by atoms with Gasteiger partial charge in [0.2, 0.25) is 5.91 Å². The Balaban J connectivity index is 1.47. The van der Waals surface area contributed by atoms with E-state index in [-0.39, 0.29) is 24.8 Å². The molecular weight excluding hydrogens is 517 g/mol. The van der Waals surface area contributed by atoms with E-state index in [1.54, 1.807) is 13.8 Å². The van der Waals surface area contributed by atoms with Gasteiger partial charge in [-0.2, -0.15) is 0 Å². The maximum Gasteiger partial charge on any atom is 0.338 e. The summed E-state index contributed by atoms with van der Waals surface area (Å²) in [5.74, 6) is 0.164. The molecule has 1 atom stereocenters. The number of esters is 1. The van der Waals surface area contributed by atoms with Crippen LogP contribution in [0.5, 0.6) is 11.5 Å². The van der Waals surface area contributed by atoms with Gasteiger partial charge >= 0.3 is 5.97 Å². The minimum atomic E-state index is -0.587. The highest BCUT2D eigenvalue weighted by molar-refractivity contribution is 8.16. The number of allylic oxidation sites excluding steroid dienone is 1. The van der Waals surface area contributed by atoms with E-state index in [0.29, 0.717) is 39.3 Å². The molecule has 3 aromatic rings. The summed E-state index contributed by atoms with van der Waals surface area (Å²) in [4.78, 5) is 32.7. The second-order valence-corrected chi connectivity index (χ2v) is 9.67. The number of thioether (sulfide) groups is 1. The Morgan fingerprint density at radius 1 is 1.03 bits per heavy atom. The summed E-state index contributed by atoms with van der Waals surface area (Å²) in [5, 5.41) is 5.32. The molecule has 9 heteroatoms. The van der Waals surface area contributed by atoms with Gasteiger partial charge in [-0.1, -0.05) is 42.1 Å². The molecule has 1 N–H and O–H groups in total. The lowest BCUT2D eigenvalue weighted by atomic mass is 9.93. The first kappa shape index (κ1) is 26.2. The number of aliphatic imine (C=N–C) groups is 1. The lowest BCUT2D eigenvalue weighted by molar-refractivity contribution is -0.139. The summed E-state index contributed by atoms with van der Waals surface area (Å²) < 4.78 is 24.8. The fraction of sp³-hybridized carbons (Fsp3) is 0.167. The minimum Gasteiger partial charge on any atom is -0.463 e. The number of anilines is 1. The highest BCUT2D eigenvalue weighted by Crippen LogP contribution is 2.45. The number of ether oxygens (including phenoxy) is 2. The monoisotopic (exact) mass is 543 g/mol. The second-order valence-electron chi connectivity index (χ2n) is 8.83. The molecule has 1 amide bonds. The molecule has 0 spiro atoms. The number of hydrogen-bond acceptors (Lipinski definition) is 7. The Labute approximate surface area is 230 Å². The molecule has 3 aromatic carbocycles. The molecule has 0 aromatic heterocycles. The standard InChI is InChI=1S/C30H26FN3O4S/c1-3-37-29(36)27-19(2)32-30-34(23(18-39-30)17-26(35)33-22-14-12-21(31)13-15-22)28(27)20-8-7-11-25(16-20)38-24-9-5-4-6-10-24/h4-16,18,28H,3,17H2,1-2H3,(H,33,35)/t28-/m1/s1. The normalized spacial score (nSPS) is 16.3. The van der Waals surface area contributed by atoms with Gasteiger partial charge in [0, 0.05) is 11.4 Å². The molecule has 2 heterocycles. The van der Waals surface area contributed by atoms with Crippen LogP contribution in [0, 0.1) is 5.82 Å². The number of rotatable bonds is 8. The van der Waals surface area contributed by atoms with Gasteiger partial charge in [0.15, 0.2) is 5.17 Å². The van der Waals surface area contributed by atoms with Crippen molar-refractivity contribution >= 4 is 34.5 Å². The summed E-state index contributed by atoms with van der Waals surface area (Å²) in [6.45, 7) is 3.76. The third-order valence-electron chi connectivity index (χ3n) is 6.12. The Hall–Kier alpha value is -4.37. The van der Waals surface area contributed by atoms with E-state index in [4.69, 9.17) is 9.47 Å². The van der Waals surface area contributed by atoms with E-state index in [2.05, 4.69) is 10.3 Å². The van der Waals surface area contributed by atoms with Crippen molar-refractivity contribution in [3.63, 3.8) is 0 Å². The van der Waals surface area contributed by atoms with Crippen molar-refractivity contribution < 1.29 is 23.5 Å². The zero-order valence-electron chi connectivity index (χ0n) is 21.4. The maximum atomic E-state index is 13.3. The molecule has 0 bridgehead atoms. The predicted molar refractivity (Wildman–Crippen MR) is 150 cm³/mol. The van der Waals surface area contributed by atoms with E-state index in [9.17, 15) is 14.0 Å². The van der Waals surface area contributed by atoms with E-state index in [1.165, 1.54) is 36.0 Å². The van der Waals surface area contributed by atoms with E-state index < -0.39 is 12.0 Å². The number of para-hydroxylation sites is 1. The summed E-state index contributed by atoms with van der Waals surface area (Å²) in [7, 11) is 0. The predicted octanol–water partition coefficient (Wildman–Crippen LogP) is 6.78. The van der Waals surface area contributed by atoms with Crippen LogP contribution in [0.2, 0.25) is 0 Å². The number of carbonyl (C=O) groups excluding carboxylic acids is 2. The van der Waals surface area contributed by atoms with E-state index in [0.717, 1.165) is 5.56 Å². The van der Waals surface area contributed by atoms with Gasteiger partial charge < -0.3 is 19.7 Å². The third kappa shape index (κ3) is 5.88. The minimum absolute atomic E-state index is 0.0231. The SMILES string of the molecule is CCOC(=O)C1=C(C)N=C2SC=C(CC(=O)Nc3ccc(F)cc3)N2[C@@H]1c1cccc(Oc2ccccc2)c1. The second kappa shape index (κ2) is 11.6. The molecule has 0 saturated heterocycles. The first-order valence-electron chi connectivity index (χ1n) is 12.4. The summed E-state index contributed by atoms with van der Waals surface area (Å²) in [6.07, 6.45) is 0.0231. The molecule has 2 aliphatic heterocycles. The quantitative estimate of drug-likeness (QED) is 0.315. The number of nitrogens with one attached hydrogen (secondary N) is 1. The molecule has 7 nitrogen and oxygen atoms in total. The molecule has 0 aliphatic carbocycles. The smallest absolute Gasteiger partial charge is 0.338 e. The number of fused-ring (bicyclic) bond motifs is 1. The molecule has 0 saturated carbocycles. The van der Waals surface area contributed by atoms with Crippen molar-refractivity contribution in [3.05, 3.63) is 113 Å². The summed E-state index contributed by atoms with van der Waals surface area (Å²) in [5.41, 5.74) is 2.89. The van der Waals surface area contributed by atoms with Crippen LogP contribution in [0.3, 0.4) is 0 Å². The van der Waals surface area contributed by atoms with Crippen molar-refractivity contribution in [3.8, 4) is 11.5 Å². The molecular formula is C30H26FN3O4S. The average molecular weight is 544 g/mol. The Morgan fingerprint density at radius 3 is 2.51 bits per heavy atom. The zero-order valence-corrected chi connectivity index (χ0v) is 22.2. The largest absolute Gasteiger partial charge is 0.463 e. The molecule has 2 aliphatic rings. The molecule has 0 radical (unpaired) electrons. The van der Waals surface area contributed by atoms with Gasteiger partial charge in [0.25, 0.3) is 0 Å². The van der Waals surface area contributed by atoms with Gasteiger partial charge in [-0.05, 0) is 73.3 Å². The van der Waals surface area contributed by atoms with Crippen LogP contribution in [0.25, 0.3) is 0 Å². The number of benzene rings is 3. The first-order valence-corrected chi connectivity index (χ1v) is 13.3. The number of nitrogens with zero attached hydrogens (tertiary/aromatic N) is 2. The summed E-state index contributed by atoms with van der Waals surface area (Å²) in [6, 6.07) is 21.9. The fourth-order valence-corrected chi connectivity index (χ4v) is 5.39. The van der Waals surface area contributed by atoms with Gasteiger partial charge in [-0.3, -0.25) is 4.79 Å². The number of carbonyl (C=O) groups is 2. The lowest BCUT2D eigenvalue weighted by Crippen LogP contribution is -2.37. The van der Waals surface area contributed by atoms with Gasteiger partial charge in [-0.25, -0.2) is 14.2 Å². The van der Waals surface area contributed by atoms with Gasteiger partial charge in [0.05, 0.1) is 30.3 Å².